The van der Waals surface area contributed by atoms with Crippen molar-refractivity contribution in [3.05, 3.63) is 18.1 Å². The van der Waals surface area contributed by atoms with Crippen LogP contribution in [0.5, 0.6) is 0 Å². The lowest BCUT2D eigenvalue weighted by Crippen LogP contribution is -2.32. The van der Waals surface area contributed by atoms with Gasteiger partial charge in [-0.3, -0.25) is 0 Å². The van der Waals surface area contributed by atoms with E-state index in [4.69, 9.17) is 0 Å². The Balaban J connectivity index is 2.70. The van der Waals surface area contributed by atoms with Gasteiger partial charge in [-0.2, -0.15) is 0 Å². The summed E-state index contributed by atoms with van der Waals surface area (Å²) in [6.45, 7) is 9.40. The molecule has 0 aromatic carbocycles. The van der Waals surface area contributed by atoms with Crippen molar-refractivity contribution in [1.82, 2.24) is 9.97 Å². The Labute approximate surface area is 110 Å². The molecule has 0 fully saturated rings. The molecule has 0 aliphatic heterocycles. The fourth-order valence-corrected chi connectivity index (χ4v) is 1.84. The first kappa shape index (κ1) is 14.9. The smallest absolute Gasteiger partial charge is 0.129 e. The Morgan fingerprint density at radius 1 is 1.28 bits per heavy atom. The number of hydrogen-bond acceptors (Lipinski definition) is 4. The largest absolute Gasteiger partial charge is 0.396 e. The van der Waals surface area contributed by atoms with E-state index >= 15 is 0 Å². The summed E-state index contributed by atoms with van der Waals surface area (Å²) in [4.78, 5) is 8.47. The number of anilines is 1. The van der Waals surface area contributed by atoms with Crippen LogP contribution in [0.4, 0.5) is 5.82 Å². The summed E-state index contributed by atoms with van der Waals surface area (Å²) < 4.78 is 0. The normalized spacial score (nSPS) is 11.9. The van der Waals surface area contributed by atoms with Gasteiger partial charge >= 0.3 is 0 Å². The third kappa shape index (κ3) is 3.67. The molecule has 4 nitrogen and oxygen atoms in total. The lowest BCUT2D eigenvalue weighted by molar-refractivity contribution is 0.127. The lowest BCUT2D eigenvalue weighted by atomic mass is 9.83. The van der Waals surface area contributed by atoms with E-state index < -0.39 is 0 Å². The van der Waals surface area contributed by atoms with Crippen LogP contribution in [0.1, 0.15) is 52.1 Å². The number of hydrogen-bond donors (Lipinski definition) is 2. The SMILES string of the molecule is CCC(CC)(CO)CNc1cc(C(C)C)ncn1. The maximum absolute atomic E-state index is 9.52. The zero-order valence-electron chi connectivity index (χ0n) is 11.9. The van der Waals surface area contributed by atoms with E-state index in [-0.39, 0.29) is 12.0 Å². The third-order valence-corrected chi connectivity index (χ3v) is 3.76. The van der Waals surface area contributed by atoms with Crippen LogP contribution in [0.3, 0.4) is 0 Å². The van der Waals surface area contributed by atoms with Crippen LogP contribution >= 0.6 is 0 Å². The fraction of sp³-hybridized carbons (Fsp3) is 0.714. The standard InChI is InChI=1S/C14H25N3O/c1-5-14(6-2,9-18)8-15-13-7-12(11(3)4)16-10-17-13/h7,10-11,18H,5-6,8-9H2,1-4H3,(H,15,16,17). The second kappa shape index (κ2) is 6.69. The van der Waals surface area contributed by atoms with Crippen molar-refractivity contribution in [3.8, 4) is 0 Å². The minimum atomic E-state index is -0.0526. The van der Waals surface area contributed by atoms with E-state index in [2.05, 4.69) is 43.0 Å². The van der Waals surface area contributed by atoms with Crippen molar-refractivity contribution in [2.45, 2.75) is 46.5 Å². The molecule has 0 aliphatic rings. The highest BCUT2D eigenvalue weighted by Crippen LogP contribution is 2.26. The molecule has 1 heterocycles. The molecule has 1 aromatic rings. The highest BCUT2D eigenvalue weighted by Gasteiger charge is 2.25. The molecule has 1 aromatic heterocycles. The van der Waals surface area contributed by atoms with Crippen LogP contribution in [0.15, 0.2) is 12.4 Å². The lowest BCUT2D eigenvalue weighted by Gasteiger charge is -2.29. The van der Waals surface area contributed by atoms with Gasteiger partial charge < -0.3 is 10.4 Å². The van der Waals surface area contributed by atoms with Gasteiger partial charge in [0.2, 0.25) is 0 Å². The molecule has 0 aliphatic carbocycles. The third-order valence-electron chi connectivity index (χ3n) is 3.76. The van der Waals surface area contributed by atoms with Crippen LogP contribution in [-0.2, 0) is 0 Å². The number of aromatic nitrogens is 2. The minimum absolute atomic E-state index is 0.0526. The average Bonchev–Trinajstić information content (AvgIpc) is 2.41. The van der Waals surface area contributed by atoms with Gasteiger partial charge in [-0.15, -0.1) is 0 Å². The average molecular weight is 251 g/mol. The second-order valence-electron chi connectivity index (χ2n) is 5.20. The first-order valence-corrected chi connectivity index (χ1v) is 6.73. The molecule has 0 saturated heterocycles. The number of rotatable bonds is 7. The molecule has 18 heavy (non-hydrogen) atoms. The highest BCUT2D eigenvalue weighted by atomic mass is 16.3. The topological polar surface area (TPSA) is 58.0 Å². The maximum atomic E-state index is 9.52. The van der Waals surface area contributed by atoms with Crippen molar-refractivity contribution >= 4 is 5.82 Å². The predicted molar refractivity (Wildman–Crippen MR) is 74.7 cm³/mol. The molecular weight excluding hydrogens is 226 g/mol. The first-order valence-electron chi connectivity index (χ1n) is 6.73. The van der Waals surface area contributed by atoms with Crippen molar-refractivity contribution in [3.63, 3.8) is 0 Å². The van der Waals surface area contributed by atoms with Gasteiger partial charge in [0.25, 0.3) is 0 Å². The zero-order chi connectivity index (χ0) is 13.6. The summed E-state index contributed by atoms with van der Waals surface area (Å²) in [7, 11) is 0. The van der Waals surface area contributed by atoms with Crippen LogP contribution in [0.2, 0.25) is 0 Å². The predicted octanol–water partition coefficient (Wildman–Crippen LogP) is 2.81. The molecule has 0 saturated carbocycles. The summed E-state index contributed by atoms with van der Waals surface area (Å²) in [5.41, 5.74) is 0.984. The van der Waals surface area contributed by atoms with Gasteiger partial charge in [0.15, 0.2) is 0 Å². The molecule has 0 atom stereocenters. The van der Waals surface area contributed by atoms with E-state index in [0.29, 0.717) is 5.92 Å². The maximum Gasteiger partial charge on any atom is 0.129 e. The number of nitrogens with zero attached hydrogens (tertiary/aromatic N) is 2. The summed E-state index contributed by atoms with van der Waals surface area (Å²) in [5, 5.41) is 12.8. The first-order chi connectivity index (χ1) is 8.56. The van der Waals surface area contributed by atoms with E-state index in [0.717, 1.165) is 30.9 Å². The molecule has 0 unspecified atom stereocenters. The highest BCUT2D eigenvalue weighted by molar-refractivity contribution is 5.35. The molecule has 0 spiro atoms. The molecule has 2 N–H and O–H groups in total. The van der Waals surface area contributed by atoms with Gasteiger partial charge in [0.1, 0.15) is 12.1 Å². The van der Waals surface area contributed by atoms with Gasteiger partial charge in [-0.05, 0) is 18.8 Å². The molecule has 0 bridgehead atoms. The summed E-state index contributed by atoms with van der Waals surface area (Å²) >= 11 is 0. The molecule has 1 rings (SSSR count). The van der Waals surface area contributed by atoms with Crippen molar-refractivity contribution in [2.75, 3.05) is 18.5 Å². The molecule has 0 amide bonds. The Morgan fingerprint density at radius 3 is 2.44 bits per heavy atom. The Morgan fingerprint density at radius 2 is 1.94 bits per heavy atom. The van der Waals surface area contributed by atoms with Crippen molar-refractivity contribution in [2.24, 2.45) is 5.41 Å². The van der Waals surface area contributed by atoms with Gasteiger partial charge in [-0.1, -0.05) is 27.7 Å². The van der Waals surface area contributed by atoms with Crippen LogP contribution in [0.25, 0.3) is 0 Å². The van der Waals surface area contributed by atoms with E-state index in [1.807, 2.05) is 6.07 Å². The monoisotopic (exact) mass is 251 g/mol. The minimum Gasteiger partial charge on any atom is -0.396 e. The molecule has 102 valence electrons. The van der Waals surface area contributed by atoms with Gasteiger partial charge in [0.05, 0.1) is 6.61 Å². The second-order valence-corrected chi connectivity index (χ2v) is 5.20. The fourth-order valence-electron chi connectivity index (χ4n) is 1.84. The number of aliphatic hydroxyl groups is 1. The number of nitrogens with one attached hydrogen (secondary N) is 1. The van der Waals surface area contributed by atoms with Gasteiger partial charge in [0, 0.05) is 23.7 Å². The summed E-state index contributed by atoms with van der Waals surface area (Å²) in [6, 6.07) is 1.98. The molecule has 0 radical (unpaired) electrons. The molecular formula is C14H25N3O. The van der Waals surface area contributed by atoms with Crippen molar-refractivity contribution < 1.29 is 5.11 Å². The van der Waals surface area contributed by atoms with E-state index in [1.54, 1.807) is 6.33 Å². The Bertz CT molecular complexity index is 354. The molecule has 4 heteroatoms. The summed E-state index contributed by atoms with van der Waals surface area (Å²) in [5.74, 6) is 1.24. The van der Waals surface area contributed by atoms with Crippen LogP contribution < -0.4 is 5.32 Å². The van der Waals surface area contributed by atoms with Gasteiger partial charge in [-0.25, -0.2) is 9.97 Å². The Kier molecular flexibility index (Phi) is 5.54. The van der Waals surface area contributed by atoms with Crippen LogP contribution in [0, 0.1) is 5.41 Å². The Hall–Kier alpha value is -1.16. The zero-order valence-corrected chi connectivity index (χ0v) is 11.9. The summed E-state index contributed by atoms with van der Waals surface area (Å²) in [6.07, 6.45) is 3.50. The van der Waals surface area contributed by atoms with E-state index in [1.165, 1.54) is 0 Å². The number of aliphatic hydroxyl groups excluding tert-OH is 1. The van der Waals surface area contributed by atoms with E-state index in [9.17, 15) is 5.11 Å². The van der Waals surface area contributed by atoms with Crippen molar-refractivity contribution in [1.29, 1.82) is 0 Å². The quantitative estimate of drug-likeness (QED) is 0.782. The van der Waals surface area contributed by atoms with Crippen LogP contribution in [-0.4, -0.2) is 28.2 Å².